The van der Waals surface area contributed by atoms with E-state index in [0.717, 1.165) is 11.1 Å². The molecule has 1 aromatic rings. The fraction of sp³-hybridized carbons (Fsp3) is 0.357. The molecule has 104 valence electrons. The highest BCUT2D eigenvalue weighted by Crippen LogP contribution is 2.24. The van der Waals surface area contributed by atoms with E-state index >= 15 is 0 Å². The van der Waals surface area contributed by atoms with E-state index in [4.69, 9.17) is 10.4 Å². The zero-order valence-corrected chi connectivity index (χ0v) is 11.2. The first-order chi connectivity index (χ1) is 9.52. The molecule has 0 aliphatic carbocycles. The molecule has 0 radical (unpaired) electrons. The summed E-state index contributed by atoms with van der Waals surface area (Å²) in [5.74, 6) is -0.969. The number of hydrogen-bond acceptors (Lipinski definition) is 3. The molecule has 0 saturated carbocycles. The third-order valence-corrected chi connectivity index (χ3v) is 3.33. The zero-order valence-electron chi connectivity index (χ0n) is 11.2. The second-order valence-electron chi connectivity index (χ2n) is 4.76. The van der Waals surface area contributed by atoms with E-state index in [-0.39, 0.29) is 11.6 Å². The Morgan fingerprint density at radius 2 is 2.10 bits per heavy atom. The highest BCUT2D eigenvalue weighted by molar-refractivity contribution is 5.88. The Morgan fingerprint density at radius 1 is 1.40 bits per heavy atom. The van der Waals surface area contributed by atoms with Crippen LogP contribution in [-0.2, 0) is 13.1 Å². The van der Waals surface area contributed by atoms with Crippen LogP contribution in [0.2, 0.25) is 0 Å². The van der Waals surface area contributed by atoms with E-state index in [0.29, 0.717) is 26.1 Å². The first-order valence-electron chi connectivity index (χ1n) is 6.25. The molecule has 1 aliphatic rings. The molecule has 20 heavy (non-hydrogen) atoms. The number of benzene rings is 1. The van der Waals surface area contributed by atoms with Crippen LogP contribution in [0.1, 0.15) is 27.9 Å². The van der Waals surface area contributed by atoms with Gasteiger partial charge >= 0.3 is 12.0 Å². The number of nitrogens with zero attached hydrogens (tertiary/aromatic N) is 3. The molecule has 0 saturated heterocycles. The van der Waals surface area contributed by atoms with Gasteiger partial charge in [-0.15, -0.1) is 0 Å². The van der Waals surface area contributed by atoms with Gasteiger partial charge < -0.3 is 14.9 Å². The Morgan fingerprint density at radius 3 is 2.75 bits per heavy atom. The van der Waals surface area contributed by atoms with Gasteiger partial charge in [0, 0.05) is 26.7 Å². The molecule has 6 heteroatoms. The highest BCUT2D eigenvalue weighted by atomic mass is 16.4. The van der Waals surface area contributed by atoms with Crippen LogP contribution in [0.25, 0.3) is 0 Å². The van der Waals surface area contributed by atoms with Gasteiger partial charge in [-0.1, -0.05) is 6.07 Å². The molecular formula is C14H15N3O3. The number of carbonyl (C=O) groups excluding carboxylic acids is 1. The van der Waals surface area contributed by atoms with Crippen LogP contribution < -0.4 is 0 Å². The first kappa shape index (κ1) is 13.9. The summed E-state index contributed by atoms with van der Waals surface area (Å²) in [5, 5.41) is 17.5. The summed E-state index contributed by atoms with van der Waals surface area (Å²) in [6.07, 6.45) is 0.298. The van der Waals surface area contributed by atoms with Gasteiger partial charge in [0.2, 0.25) is 0 Å². The topological polar surface area (TPSA) is 84.6 Å². The van der Waals surface area contributed by atoms with E-state index in [9.17, 15) is 9.59 Å². The maximum Gasteiger partial charge on any atom is 0.335 e. The van der Waals surface area contributed by atoms with Gasteiger partial charge in [-0.25, -0.2) is 9.59 Å². The van der Waals surface area contributed by atoms with E-state index < -0.39 is 5.97 Å². The molecule has 2 amide bonds. The molecule has 1 aliphatic heterocycles. The van der Waals surface area contributed by atoms with Crippen LogP contribution in [0, 0.1) is 11.3 Å². The summed E-state index contributed by atoms with van der Waals surface area (Å²) >= 11 is 0. The molecular weight excluding hydrogens is 258 g/mol. The minimum Gasteiger partial charge on any atom is -0.478 e. The van der Waals surface area contributed by atoms with E-state index in [1.165, 1.54) is 4.90 Å². The van der Waals surface area contributed by atoms with E-state index in [2.05, 4.69) is 0 Å². The van der Waals surface area contributed by atoms with Crippen molar-refractivity contribution in [3.63, 3.8) is 0 Å². The molecule has 1 N–H and O–H groups in total. The summed E-state index contributed by atoms with van der Waals surface area (Å²) in [5.41, 5.74) is 2.07. The van der Waals surface area contributed by atoms with E-state index in [1.54, 1.807) is 30.1 Å². The van der Waals surface area contributed by atoms with Crippen molar-refractivity contribution in [3.8, 4) is 6.07 Å². The molecule has 0 unspecified atom stereocenters. The highest BCUT2D eigenvalue weighted by Gasteiger charge is 2.26. The quantitative estimate of drug-likeness (QED) is 0.907. The third-order valence-electron chi connectivity index (χ3n) is 3.33. The van der Waals surface area contributed by atoms with Gasteiger partial charge in [-0.3, -0.25) is 0 Å². The van der Waals surface area contributed by atoms with Gasteiger partial charge in [0.1, 0.15) is 0 Å². The Hall–Kier alpha value is -2.55. The number of carboxylic acid groups (broad SMARTS) is 1. The zero-order chi connectivity index (χ0) is 14.7. The van der Waals surface area contributed by atoms with Crippen molar-refractivity contribution in [2.45, 2.75) is 19.5 Å². The maximum atomic E-state index is 12.2. The van der Waals surface area contributed by atoms with Crippen molar-refractivity contribution in [1.82, 2.24) is 9.80 Å². The number of amides is 2. The average molecular weight is 273 g/mol. The van der Waals surface area contributed by atoms with Gasteiger partial charge in [-0.2, -0.15) is 5.26 Å². The fourth-order valence-electron chi connectivity index (χ4n) is 2.22. The lowest BCUT2D eigenvalue weighted by molar-refractivity contribution is 0.0696. The third kappa shape index (κ3) is 2.72. The second-order valence-corrected chi connectivity index (χ2v) is 4.76. The molecule has 0 spiro atoms. The molecule has 1 heterocycles. The van der Waals surface area contributed by atoms with Crippen LogP contribution >= 0.6 is 0 Å². The Labute approximate surface area is 116 Å². The number of urea groups is 1. The second kappa shape index (κ2) is 5.61. The summed E-state index contributed by atoms with van der Waals surface area (Å²) in [4.78, 5) is 26.2. The van der Waals surface area contributed by atoms with Crippen LogP contribution in [0.5, 0.6) is 0 Å². The molecule has 0 atom stereocenters. The standard InChI is InChI=1S/C14H15N3O3/c1-16(6-2-5-15)14(20)17-8-11-4-3-10(13(18)19)7-12(11)9-17/h3-4,7H,2,6,8-9H2,1H3,(H,18,19). The normalized spacial score (nSPS) is 12.7. The predicted molar refractivity (Wildman–Crippen MR) is 70.9 cm³/mol. The SMILES string of the molecule is CN(CCC#N)C(=O)N1Cc2ccc(C(=O)O)cc2C1. The van der Waals surface area contributed by atoms with Crippen molar-refractivity contribution in [1.29, 1.82) is 5.26 Å². The summed E-state index contributed by atoms with van der Waals surface area (Å²) in [6, 6.07) is 6.77. The lowest BCUT2D eigenvalue weighted by atomic mass is 10.1. The van der Waals surface area contributed by atoms with Crippen molar-refractivity contribution in [2.24, 2.45) is 0 Å². The van der Waals surface area contributed by atoms with Crippen LogP contribution in [-0.4, -0.2) is 40.5 Å². The van der Waals surface area contributed by atoms with Crippen molar-refractivity contribution < 1.29 is 14.7 Å². The number of nitriles is 1. The first-order valence-corrected chi connectivity index (χ1v) is 6.25. The molecule has 0 fully saturated rings. The Bertz CT molecular complexity index is 592. The Kier molecular flexibility index (Phi) is 3.89. The van der Waals surface area contributed by atoms with Crippen molar-refractivity contribution >= 4 is 12.0 Å². The molecule has 2 rings (SSSR count). The summed E-state index contributed by atoms with van der Waals surface area (Å²) < 4.78 is 0. The fourth-order valence-corrected chi connectivity index (χ4v) is 2.22. The number of carboxylic acids is 1. The van der Waals surface area contributed by atoms with Gasteiger partial charge in [0.15, 0.2) is 0 Å². The summed E-state index contributed by atoms with van der Waals surface area (Å²) in [6.45, 7) is 1.28. The minimum absolute atomic E-state index is 0.145. The van der Waals surface area contributed by atoms with Gasteiger partial charge in [0.25, 0.3) is 0 Å². The average Bonchev–Trinajstić information content (AvgIpc) is 2.86. The lowest BCUT2D eigenvalue weighted by Gasteiger charge is -2.23. The molecule has 0 aromatic heterocycles. The van der Waals surface area contributed by atoms with Gasteiger partial charge in [0.05, 0.1) is 18.1 Å². The van der Waals surface area contributed by atoms with Crippen LogP contribution in [0.4, 0.5) is 4.79 Å². The number of fused-ring (bicyclic) bond motifs is 1. The summed E-state index contributed by atoms with van der Waals surface area (Å²) in [7, 11) is 1.66. The van der Waals surface area contributed by atoms with Gasteiger partial charge in [-0.05, 0) is 23.3 Å². The molecule has 6 nitrogen and oxygen atoms in total. The number of carbonyl (C=O) groups is 2. The maximum absolute atomic E-state index is 12.2. The minimum atomic E-state index is -0.969. The lowest BCUT2D eigenvalue weighted by Crippen LogP contribution is -2.38. The number of rotatable bonds is 3. The van der Waals surface area contributed by atoms with Crippen LogP contribution in [0.15, 0.2) is 18.2 Å². The number of aromatic carboxylic acids is 1. The van der Waals surface area contributed by atoms with Crippen molar-refractivity contribution in [2.75, 3.05) is 13.6 Å². The number of hydrogen-bond donors (Lipinski definition) is 1. The largest absolute Gasteiger partial charge is 0.478 e. The molecule has 0 bridgehead atoms. The monoisotopic (exact) mass is 273 g/mol. The molecule has 1 aromatic carbocycles. The van der Waals surface area contributed by atoms with E-state index in [1.807, 2.05) is 6.07 Å². The Balaban J connectivity index is 2.07. The van der Waals surface area contributed by atoms with Crippen molar-refractivity contribution in [3.05, 3.63) is 34.9 Å². The predicted octanol–water partition coefficient (Wildman–Crippen LogP) is 1.67. The smallest absolute Gasteiger partial charge is 0.335 e. The van der Waals surface area contributed by atoms with Crippen LogP contribution in [0.3, 0.4) is 0 Å².